The summed E-state index contributed by atoms with van der Waals surface area (Å²) in [5.41, 5.74) is -0.810. The number of carboxylic acids is 1. The summed E-state index contributed by atoms with van der Waals surface area (Å²) in [7, 11) is 0. The fourth-order valence-corrected chi connectivity index (χ4v) is 4.38. The first-order chi connectivity index (χ1) is 20.6. The highest BCUT2D eigenvalue weighted by Crippen LogP contribution is 2.34. The number of anilines is 2. The van der Waals surface area contributed by atoms with Crippen LogP contribution in [0, 0.1) is 17.5 Å². The molecule has 0 saturated heterocycles. The van der Waals surface area contributed by atoms with Gasteiger partial charge in [0.15, 0.2) is 17.5 Å². The van der Waals surface area contributed by atoms with Gasteiger partial charge >= 0.3 is 12.3 Å². The number of hydrogen-bond acceptors (Lipinski definition) is 6. The summed E-state index contributed by atoms with van der Waals surface area (Å²) in [6.07, 6.45) is -5.09. The van der Waals surface area contributed by atoms with E-state index in [1.807, 2.05) is 0 Å². The average Bonchev–Trinajstić information content (AvgIpc) is 3.29. The lowest BCUT2D eigenvalue weighted by molar-refractivity contribution is -0.136. The number of halogens is 6. The highest BCUT2D eigenvalue weighted by atomic mass is 19.4. The van der Waals surface area contributed by atoms with Crippen molar-refractivity contribution in [3.63, 3.8) is 0 Å². The van der Waals surface area contributed by atoms with Gasteiger partial charge in [0.2, 0.25) is 0 Å². The van der Waals surface area contributed by atoms with E-state index in [0.29, 0.717) is 5.56 Å². The Morgan fingerprint density at radius 2 is 1.55 bits per heavy atom. The third-order valence-electron chi connectivity index (χ3n) is 6.73. The number of aliphatic carboxylic acids is 1. The number of carbonyl (C=O) groups is 3. The number of amides is 2. The monoisotopic (exact) mass is 621 g/mol. The number of carboxylic acid groups (broad SMARTS) is 1. The number of alkyl halides is 3. The van der Waals surface area contributed by atoms with Crippen LogP contribution in [0.3, 0.4) is 0 Å². The minimum atomic E-state index is -4.65. The Bertz CT molecular complexity index is 1570. The summed E-state index contributed by atoms with van der Waals surface area (Å²) in [4.78, 5) is 36.5. The molecule has 1 atom stereocenters. The van der Waals surface area contributed by atoms with Gasteiger partial charge in [-0.05, 0) is 61.0 Å². The quantitative estimate of drug-likeness (QED) is 0.139. The molecule has 0 aliphatic carbocycles. The molecule has 3 aromatic rings. The molecule has 0 saturated carbocycles. The highest BCUT2D eigenvalue weighted by molar-refractivity contribution is 6.09. The van der Waals surface area contributed by atoms with Crippen LogP contribution in [-0.4, -0.2) is 52.0 Å². The lowest BCUT2D eigenvalue weighted by atomic mass is 9.91. The van der Waals surface area contributed by atoms with Gasteiger partial charge in [0, 0.05) is 35.5 Å². The Labute approximate surface area is 246 Å². The third kappa shape index (κ3) is 7.65. The van der Waals surface area contributed by atoms with Crippen LogP contribution < -0.4 is 16.0 Å². The normalized spacial score (nSPS) is 16.3. The fraction of sp³-hybridized carbons (Fsp3) is 0.241. The van der Waals surface area contributed by atoms with Gasteiger partial charge < -0.3 is 15.7 Å². The van der Waals surface area contributed by atoms with Crippen LogP contribution in [-0.2, 0) is 16.1 Å². The molecule has 1 unspecified atom stereocenters. The van der Waals surface area contributed by atoms with Crippen molar-refractivity contribution in [2.45, 2.75) is 38.1 Å². The number of hydrogen-bond donors (Lipinski definition) is 4. The molecular formula is C29H25F6N5O4. The Hall–Kier alpha value is -5.08. The Morgan fingerprint density at radius 3 is 2.11 bits per heavy atom. The third-order valence-corrected chi connectivity index (χ3v) is 6.73. The summed E-state index contributed by atoms with van der Waals surface area (Å²) in [6.45, 7) is 1.40. The van der Waals surface area contributed by atoms with Crippen molar-refractivity contribution >= 4 is 34.9 Å². The topological polar surface area (TPSA) is 123 Å². The maximum atomic E-state index is 14.0. The summed E-state index contributed by atoms with van der Waals surface area (Å²) in [5.74, 6) is -6.78. The van der Waals surface area contributed by atoms with E-state index >= 15 is 0 Å². The second-order valence-electron chi connectivity index (χ2n) is 10.1. The molecule has 0 aromatic heterocycles. The zero-order chi connectivity index (χ0) is 32.2. The molecule has 1 aliphatic rings. The van der Waals surface area contributed by atoms with E-state index in [-0.39, 0.29) is 54.1 Å². The molecule has 0 bridgehead atoms. The molecule has 2 amide bonds. The molecule has 0 radical (unpaired) electrons. The van der Waals surface area contributed by atoms with Crippen LogP contribution >= 0.6 is 0 Å². The Kier molecular flexibility index (Phi) is 9.16. The largest absolute Gasteiger partial charge is 0.482 e. The molecule has 1 aliphatic heterocycles. The Morgan fingerprint density at radius 1 is 0.955 bits per heavy atom. The predicted octanol–water partition coefficient (Wildman–Crippen LogP) is 5.25. The number of carbonyl (C=O) groups excluding carboxylic acids is 2. The molecule has 0 fully saturated rings. The second kappa shape index (κ2) is 12.7. The van der Waals surface area contributed by atoms with Crippen molar-refractivity contribution in [2.75, 3.05) is 17.2 Å². The highest BCUT2D eigenvalue weighted by Gasteiger charge is 2.45. The molecular weight excluding hydrogens is 596 g/mol. The maximum Gasteiger partial charge on any atom is 0.482 e. The van der Waals surface area contributed by atoms with E-state index < -0.39 is 47.1 Å². The van der Waals surface area contributed by atoms with E-state index in [0.717, 1.165) is 24.3 Å². The summed E-state index contributed by atoms with van der Waals surface area (Å²) in [5, 5.41) is 20.9. The van der Waals surface area contributed by atoms with Gasteiger partial charge in [-0.3, -0.25) is 24.7 Å². The molecule has 3 aromatic carbocycles. The molecule has 4 rings (SSSR count). The summed E-state index contributed by atoms with van der Waals surface area (Å²) in [6, 6.07) is 12.3. The standard InChI is InChI=1S/C29H25F6N5O4/c1-28(27(44)37-19-6-8-20(9-7-19)38-29(33,34)35)14-23(18-12-21(30)25(32)22(31)13-18)39-40(28)15-16-2-4-17(5-3-16)26(43)36-11-10-24(41)42/h2-9,12-13,38H,10-11,14-15H2,1H3,(H,36,43)(H,37,44)(H,41,42). The minimum absolute atomic E-state index is 0.0328. The first kappa shape index (κ1) is 31.8. The second-order valence-corrected chi connectivity index (χ2v) is 10.1. The lowest BCUT2D eigenvalue weighted by Gasteiger charge is -2.33. The zero-order valence-corrected chi connectivity index (χ0v) is 22.9. The fourth-order valence-electron chi connectivity index (χ4n) is 4.38. The van der Waals surface area contributed by atoms with Gasteiger partial charge in [0.05, 0.1) is 18.7 Å². The Balaban J connectivity index is 1.57. The van der Waals surface area contributed by atoms with E-state index in [4.69, 9.17) is 5.11 Å². The summed E-state index contributed by atoms with van der Waals surface area (Å²) >= 11 is 0. The predicted molar refractivity (Wildman–Crippen MR) is 147 cm³/mol. The molecule has 1 heterocycles. The van der Waals surface area contributed by atoms with Gasteiger partial charge in [-0.2, -0.15) is 18.3 Å². The lowest BCUT2D eigenvalue weighted by Crippen LogP contribution is -2.50. The molecule has 4 N–H and O–H groups in total. The van der Waals surface area contributed by atoms with Crippen LogP contribution in [0.4, 0.5) is 37.7 Å². The smallest absolute Gasteiger partial charge is 0.481 e. The van der Waals surface area contributed by atoms with E-state index in [2.05, 4.69) is 15.7 Å². The first-order valence-electron chi connectivity index (χ1n) is 13.0. The van der Waals surface area contributed by atoms with Crippen molar-refractivity contribution < 1.29 is 45.8 Å². The van der Waals surface area contributed by atoms with Gasteiger partial charge in [-0.1, -0.05) is 12.1 Å². The molecule has 44 heavy (non-hydrogen) atoms. The van der Waals surface area contributed by atoms with Gasteiger partial charge in [0.25, 0.3) is 11.8 Å². The first-order valence-corrected chi connectivity index (χ1v) is 13.0. The molecule has 15 heteroatoms. The van der Waals surface area contributed by atoms with Gasteiger partial charge in [-0.15, -0.1) is 0 Å². The minimum Gasteiger partial charge on any atom is -0.481 e. The van der Waals surface area contributed by atoms with E-state index in [1.54, 1.807) is 12.1 Å². The van der Waals surface area contributed by atoms with E-state index in [1.165, 1.54) is 41.5 Å². The van der Waals surface area contributed by atoms with Crippen molar-refractivity contribution in [3.8, 4) is 0 Å². The van der Waals surface area contributed by atoms with Crippen molar-refractivity contribution in [1.82, 2.24) is 10.3 Å². The summed E-state index contributed by atoms with van der Waals surface area (Å²) < 4.78 is 79.5. The zero-order valence-electron chi connectivity index (χ0n) is 22.9. The number of rotatable bonds is 10. The van der Waals surface area contributed by atoms with Crippen molar-refractivity contribution in [2.24, 2.45) is 5.10 Å². The van der Waals surface area contributed by atoms with Crippen LogP contribution in [0.25, 0.3) is 0 Å². The molecule has 0 spiro atoms. The van der Waals surface area contributed by atoms with Crippen molar-refractivity contribution in [3.05, 3.63) is 94.8 Å². The number of nitrogens with zero attached hydrogens (tertiary/aromatic N) is 2. The average molecular weight is 622 g/mol. The van der Waals surface area contributed by atoms with Crippen LogP contribution in [0.5, 0.6) is 0 Å². The van der Waals surface area contributed by atoms with E-state index in [9.17, 15) is 40.7 Å². The van der Waals surface area contributed by atoms with Crippen molar-refractivity contribution in [1.29, 1.82) is 0 Å². The van der Waals surface area contributed by atoms with Crippen LogP contribution in [0.2, 0.25) is 0 Å². The number of nitrogens with one attached hydrogen (secondary N) is 3. The van der Waals surface area contributed by atoms with Crippen LogP contribution in [0.1, 0.15) is 41.3 Å². The van der Waals surface area contributed by atoms with Gasteiger partial charge in [-0.25, -0.2) is 13.2 Å². The SMILES string of the molecule is CC1(C(=O)Nc2ccc(NC(F)(F)F)cc2)CC(c2cc(F)c(F)c(F)c2)=NN1Cc1ccc(C(=O)NCCC(=O)O)cc1. The van der Waals surface area contributed by atoms with Crippen LogP contribution in [0.15, 0.2) is 65.8 Å². The number of benzene rings is 3. The molecule has 9 nitrogen and oxygen atoms in total. The molecule has 232 valence electrons. The number of hydrazone groups is 1. The van der Waals surface area contributed by atoms with Gasteiger partial charge in [0.1, 0.15) is 5.54 Å². The maximum absolute atomic E-state index is 14.0.